The molecule has 3 aromatic rings. The number of nitrogen functional groups attached to an aromatic ring is 1. The summed E-state index contributed by atoms with van der Waals surface area (Å²) in [6.07, 6.45) is -3.47. The van der Waals surface area contributed by atoms with E-state index in [1.54, 1.807) is 60.8 Å². The molecule has 12 nitrogen and oxygen atoms in total. The Bertz CT molecular complexity index is 1280. The topological polar surface area (TPSA) is 181 Å². The Morgan fingerprint density at radius 1 is 1.00 bits per heavy atom. The number of nitrogens with one attached hydrogen (secondary N) is 4. The minimum Gasteiger partial charge on any atom is -0.493 e. The van der Waals surface area contributed by atoms with E-state index in [0.29, 0.717) is 39.9 Å². The summed E-state index contributed by atoms with van der Waals surface area (Å²) in [5.74, 6) is -1.45. The number of anilines is 2. The maximum Gasteiger partial charge on any atom is 0.490 e. The number of carbonyl (C=O) groups is 2. The van der Waals surface area contributed by atoms with Crippen molar-refractivity contribution in [3.63, 3.8) is 0 Å². The monoisotopic (exact) mass is 564 g/mol. The average Bonchev–Trinajstić information content (AvgIpc) is 2.94. The number of benzene rings is 2. The molecule has 0 saturated heterocycles. The predicted octanol–water partition coefficient (Wildman–Crippen LogP) is 3.32. The standard InChI is InChI=1S/C23H26N6O4.C2HF3O2/c1-31-17-12-15(13-18(32-2)21(17)33-3)20(23(30)29-28-19-6-4-5-11-26-19)27-16-9-7-14(8-10-16)22(24)25;3-2(4,5)1(6)7/h4-13,20,27H,1-3H3,(H3,24,25)(H,26,28)(H,29,30);(H,6,7). The lowest BCUT2D eigenvalue weighted by atomic mass is 10.0. The number of carbonyl (C=O) groups excluding carboxylic acids is 1. The molecule has 0 saturated carbocycles. The number of aliphatic carboxylic acids is 1. The van der Waals surface area contributed by atoms with E-state index >= 15 is 0 Å². The molecular formula is C25H27F3N6O6. The largest absolute Gasteiger partial charge is 0.493 e. The van der Waals surface area contributed by atoms with Gasteiger partial charge in [-0.05, 0) is 54.1 Å². The number of carboxylic acids is 1. The Hall–Kier alpha value is -5.21. The van der Waals surface area contributed by atoms with E-state index < -0.39 is 18.2 Å². The first-order valence-corrected chi connectivity index (χ1v) is 11.2. The van der Waals surface area contributed by atoms with Crippen LogP contribution in [0.5, 0.6) is 17.2 Å². The lowest BCUT2D eigenvalue weighted by molar-refractivity contribution is -0.192. The third-order valence-electron chi connectivity index (χ3n) is 5.01. The van der Waals surface area contributed by atoms with Crippen LogP contribution < -0.4 is 36.1 Å². The maximum atomic E-state index is 13.2. The van der Waals surface area contributed by atoms with Crippen LogP contribution in [0.15, 0.2) is 60.8 Å². The number of nitrogens with zero attached hydrogens (tertiary/aromatic N) is 1. The van der Waals surface area contributed by atoms with Crippen molar-refractivity contribution in [2.75, 3.05) is 32.1 Å². The van der Waals surface area contributed by atoms with Crippen LogP contribution in [-0.2, 0) is 9.59 Å². The van der Waals surface area contributed by atoms with E-state index in [9.17, 15) is 18.0 Å². The number of alkyl halides is 3. The fourth-order valence-electron chi connectivity index (χ4n) is 3.12. The minimum absolute atomic E-state index is 0.0416. The van der Waals surface area contributed by atoms with Crippen LogP contribution in [0.1, 0.15) is 17.2 Å². The van der Waals surface area contributed by atoms with Gasteiger partial charge in [-0.2, -0.15) is 13.2 Å². The predicted molar refractivity (Wildman–Crippen MR) is 140 cm³/mol. The number of aromatic nitrogens is 1. The zero-order valence-electron chi connectivity index (χ0n) is 21.5. The first-order valence-electron chi connectivity index (χ1n) is 11.2. The second-order valence-corrected chi connectivity index (χ2v) is 7.66. The van der Waals surface area contributed by atoms with Crippen LogP contribution >= 0.6 is 0 Å². The smallest absolute Gasteiger partial charge is 0.490 e. The molecule has 0 bridgehead atoms. The Kier molecular flexibility index (Phi) is 10.9. The number of pyridine rings is 1. The summed E-state index contributed by atoms with van der Waals surface area (Å²) in [6, 6.07) is 14.7. The van der Waals surface area contributed by atoms with Crippen molar-refractivity contribution in [3.8, 4) is 17.2 Å². The van der Waals surface area contributed by atoms with E-state index in [1.807, 2.05) is 0 Å². The van der Waals surface area contributed by atoms with Crippen molar-refractivity contribution < 1.29 is 42.1 Å². The van der Waals surface area contributed by atoms with Gasteiger partial charge in [0.2, 0.25) is 5.75 Å². The van der Waals surface area contributed by atoms with Crippen molar-refractivity contribution in [3.05, 3.63) is 71.9 Å². The number of nitrogens with two attached hydrogens (primary N) is 1. The van der Waals surface area contributed by atoms with Gasteiger partial charge in [-0.1, -0.05) is 6.07 Å². The number of hydrogen-bond donors (Lipinski definition) is 6. The van der Waals surface area contributed by atoms with Gasteiger partial charge in [-0.15, -0.1) is 0 Å². The first-order chi connectivity index (χ1) is 18.9. The highest BCUT2D eigenvalue weighted by Crippen LogP contribution is 2.40. The molecule has 0 fully saturated rings. The third-order valence-corrected chi connectivity index (χ3v) is 5.01. The van der Waals surface area contributed by atoms with E-state index in [-0.39, 0.29) is 11.7 Å². The number of halogens is 3. The summed E-state index contributed by atoms with van der Waals surface area (Å²) in [7, 11) is 4.52. The summed E-state index contributed by atoms with van der Waals surface area (Å²) in [6.45, 7) is 0. The molecule has 7 N–H and O–H groups in total. The van der Waals surface area contributed by atoms with Gasteiger partial charge in [0.15, 0.2) is 11.5 Å². The van der Waals surface area contributed by atoms with Crippen molar-refractivity contribution in [1.82, 2.24) is 10.4 Å². The lowest BCUT2D eigenvalue weighted by Gasteiger charge is -2.22. The molecule has 2 aromatic carbocycles. The van der Waals surface area contributed by atoms with Gasteiger partial charge in [0.05, 0.1) is 21.3 Å². The summed E-state index contributed by atoms with van der Waals surface area (Å²) in [5.41, 5.74) is 12.8. The molecule has 214 valence electrons. The summed E-state index contributed by atoms with van der Waals surface area (Å²) >= 11 is 0. The summed E-state index contributed by atoms with van der Waals surface area (Å²) < 4.78 is 48.0. The number of amides is 1. The third kappa shape index (κ3) is 8.68. The molecule has 0 spiro atoms. The number of rotatable bonds is 10. The SMILES string of the molecule is COc1cc(C(Nc2ccc(C(=N)N)cc2)C(=O)NNc2ccccn2)cc(OC)c1OC.O=C(O)C(F)(F)F. The molecule has 0 aliphatic rings. The zero-order chi connectivity index (χ0) is 29.9. The Labute approximate surface area is 226 Å². The summed E-state index contributed by atoms with van der Waals surface area (Å²) in [5, 5.41) is 17.9. The highest BCUT2D eigenvalue weighted by atomic mass is 19.4. The Morgan fingerprint density at radius 3 is 2.00 bits per heavy atom. The fourth-order valence-corrected chi connectivity index (χ4v) is 3.12. The number of ether oxygens (including phenoxy) is 3. The molecule has 3 rings (SSSR count). The number of hydrogen-bond acceptors (Lipinski definition) is 9. The van der Waals surface area contributed by atoms with Crippen LogP contribution in [0, 0.1) is 5.41 Å². The molecule has 1 amide bonds. The van der Waals surface area contributed by atoms with Crippen LogP contribution in [0.4, 0.5) is 24.7 Å². The molecule has 40 heavy (non-hydrogen) atoms. The number of methoxy groups -OCH3 is 3. The molecule has 1 aromatic heterocycles. The second kappa shape index (κ2) is 14.1. The molecule has 0 radical (unpaired) electrons. The molecule has 1 atom stereocenters. The number of amidine groups is 1. The van der Waals surface area contributed by atoms with Crippen molar-refractivity contribution >= 4 is 29.2 Å². The summed E-state index contributed by atoms with van der Waals surface area (Å²) in [4.78, 5) is 26.3. The number of hydrazine groups is 1. The average molecular weight is 565 g/mol. The van der Waals surface area contributed by atoms with E-state index in [0.717, 1.165) is 0 Å². The van der Waals surface area contributed by atoms with Gasteiger partial charge in [0.25, 0.3) is 5.91 Å². The van der Waals surface area contributed by atoms with E-state index in [4.69, 9.17) is 35.3 Å². The van der Waals surface area contributed by atoms with Gasteiger partial charge in [0.1, 0.15) is 17.7 Å². The van der Waals surface area contributed by atoms with Crippen molar-refractivity contribution in [1.29, 1.82) is 5.41 Å². The maximum absolute atomic E-state index is 13.2. The molecular weight excluding hydrogens is 537 g/mol. The van der Waals surface area contributed by atoms with Gasteiger partial charge in [0, 0.05) is 17.4 Å². The van der Waals surface area contributed by atoms with E-state index in [1.165, 1.54) is 21.3 Å². The van der Waals surface area contributed by atoms with Gasteiger partial charge < -0.3 is 30.4 Å². The molecule has 15 heteroatoms. The zero-order valence-corrected chi connectivity index (χ0v) is 21.5. The van der Waals surface area contributed by atoms with E-state index in [2.05, 4.69) is 21.2 Å². The molecule has 0 aliphatic heterocycles. The Morgan fingerprint density at radius 2 is 1.57 bits per heavy atom. The minimum atomic E-state index is -5.08. The molecule has 1 unspecified atom stereocenters. The van der Waals surface area contributed by atoms with Gasteiger partial charge in [-0.25, -0.2) is 9.78 Å². The van der Waals surface area contributed by atoms with Gasteiger partial charge in [-0.3, -0.25) is 21.1 Å². The van der Waals surface area contributed by atoms with Crippen LogP contribution in [-0.4, -0.2) is 55.3 Å². The Balaban J connectivity index is 0.000000708. The van der Waals surface area contributed by atoms with Crippen molar-refractivity contribution in [2.24, 2.45) is 5.73 Å². The van der Waals surface area contributed by atoms with Crippen LogP contribution in [0.3, 0.4) is 0 Å². The first kappa shape index (κ1) is 31.0. The quantitative estimate of drug-likeness (QED) is 0.121. The van der Waals surface area contributed by atoms with Crippen molar-refractivity contribution in [2.45, 2.75) is 12.2 Å². The highest BCUT2D eigenvalue weighted by molar-refractivity contribution is 5.95. The number of carboxylic acid groups (broad SMARTS) is 1. The lowest BCUT2D eigenvalue weighted by Crippen LogP contribution is -2.37. The highest BCUT2D eigenvalue weighted by Gasteiger charge is 2.38. The van der Waals surface area contributed by atoms with Crippen LogP contribution in [0.25, 0.3) is 0 Å². The van der Waals surface area contributed by atoms with Gasteiger partial charge >= 0.3 is 12.1 Å². The van der Waals surface area contributed by atoms with Crippen LogP contribution in [0.2, 0.25) is 0 Å². The fraction of sp³-hybridized carbons (Fsp3) is 0.200. The normalized spacial score (nSPS) is 11.2. The molecule has 0 aliphatic carbocycles. The molecule has 1 heterocycles. The second-order valence-electron chi connectivity index (χ2n) is 7.66.